The zero-order valence-electron chi connectivity index (χ0n) is 7.03. The van der Waals surface area contributed by atoms with Gasteiger partial charge >= 0.3 is 0 Å². The molecule has 0 spiro atoms. The number of nitrogens with zero attached hydrogens (tertiary/aromatic N) is 1. The van der Waals surface area contributed by atoms with Gasteiger partial charge in [-0.05, 0) is 30.7 Å². The average Bonchev–Trinajstić information content (AvgIpc) is 2.04. The molecule has 0 aliphatic rings. The molecule has 0 fully saturated rings. The second-order valence-electron chi connectivity index (χ2n) is 2.58. The van der Waals surface area contributed by atoms with Crippen LogP contribution in [0, 0.1) is 10.1 Å². The minimum absolute atomic E-state index is 0.00802. The van der Waals surface area contributed by atoms with Crippen molar-refractivity contribution in [3.05, 3.63) is 45.8 Å². The Morgan fingerprint density at radius 3 is 2.38 bits per heavy atom. The van der Waals surface area contributed by atoms with E-state index in [0.29, 0.717) is 5.56 Å². The first-order valence-electron chi connectivity index (χ1n) is 3.68. The van der Waals surface area contributed by atoms with Crippen molar-refractivity contribution >= 4 is 11.8 Å². The predicted molar refractivity (Wildman–Crippen MR) is 47.9 cm³/mol. The third-order valence-corrected chi connectivity index (χ3v) is 1.47. The van der Waals surface area contributed by atoms with Crippen LogP contribution in [0.1, 0.15) is 12.5 Å². The van der Waals surface area contributed by atoms with E-state index in [4.69, 9.17) is 0 Å². The average molecular weight is 181 g/mol. The summed E-state index contributed by atoms with van der Waals surface area (Å²) in [5, 5.41) is 10.3. The first-order valence-corrected chi connectivity index (χ1v) is 3.68. The van der Waals surface area contributed by atoms with Crippen molar-refractivity contribution in [2.45, 2.75) is 6.92 Å². The fourth-order valence-electron chi connectivity index (χ4n) is 0.922. The van der Waals surface area contributed by atoms with E-state index >= 15 is 0 Å². The molecule has 0 aliphatic carbocycles. The summed E-state index contributed by atoms with van der Waals surface area (Å²) < 4.78 is 12.4. The maximum Gasteiger partial charge on any atom is 0.269 e. The first-order chi connectivity index (χ1) is 6.09. The van der Waals surface area contributed by atoms with Crippen LogP contribution in [-0.2, 0) is 0 Å². The van der Waals surface area contributed by atoms with E-state index in [2.05, 4.69) is 0 Å². The molecule has 1 aromatic carbocycles. The predicted octanol–water partition coefficient (Wildman–Crippen LogP) is 2.93. The summed E-state index contributed by atoms with van der Waals surface area (Å²) in [5.41, 5.74) is 0.624. The highest BCUT2D eigenvalue weighted by molar-refractivity contribution is 5.52. The lowest BCUT2D eigenvalue weighted by Crippen LogP contribution is -1.86. The molecule has 0 aliphatic heterocycles. The largest absolute Gasteiger partial charge is 0.269 e. The Balaban J connectivity index is 2.94. The minimum Gasteiger partial charge on any atom is -0.258 e. The molecule has 68 valence electrons. The van der Waals surface area contributed by atoms with Gasteiger partial charge in [0.15, 0.2) is 0 Å². The summed E-state index contributed by atoms with van der Waals surface area (Å²) in [6.07, 6.45) is 1.31. The van der Waals surface area contributed by atoms with E-state index in [1.165, 1.54) is 37.3 Å². The summed E-state index contributed by atoms with van der Waals surface area (Å²) in [6, 6.07) is 5.69. The molecule has 0 radical (unpaired) electrons. The Morgan fingerprint density at radius 1 is 1.46 bits per heavy atom. The van der Waals surface area contributed by atoms with Gasteiger partial charge in [0.25, 0.3) is 5.69 Å². The smallest absolute Gasteiger partial charge is 0.258 e. The summed E-state index contributed by atoms with van der Waals surface area (Å²) >= 11 is 0. The van der Waals surface area contributed by atoms with Gasteiger partial charge in [-0.2, -0.15) is 0 Å². The van der Waals surface area contributed by atoms with Crippen LogP contribution in [0.4, 0.5) is 10.1 Å². The van der Waals surface area contributed by atoms with E-state index in [1.807, 2.05) is 0 Å². The van der Waals surface area contributed by atoms with Crippen LogP contribution < -0.4 is 0 Å². The van der Waals surface area contributed by atoms with Crippen molar-refractivity contribution in [3.8, 4) is 0 Å². The number of non-ortho nitro benzene ring substituents is 1. The molecule has 1 rings (SSSR count). The molecule has 13 heavy (non-hydrogen) atoms. The molecule has 0 aromatic heterocycles. The lowest BCUT2D eigenvalue weighted by molar-refractivity contribution is -0.384. The molecule has 4 heteroatoms. The van der Waals surface area contributed by atoms with Crippen LogP contribution in [0.25, 0.3) is 6.08 Å². The molecule has 0 saturated heterocycles. The molecular formula is C9H8FNO2. The molecule has 1 aromatic rings. The maximum atomic E-state index is 12.4. The standard InChI is InChI=1S/C9H8FNO2/c1-7(10)6-8-2-4-9(5-3-8)11(12)13/h2-6H,1H3. The lowest BCUT2D eigenvalue weighted by Gasteiger charge is -1.93. The molecule has 0 N–H and O–H groups in total. The minimum atomic E-state index is -0.490. The molecule has 0 heterocycles. The van der Waals surface area contributed by atoms with Crippen molar-refractivity contribution in [3.63, 3.8) is 0 Å². The van der Waals surface area contributed by atoms with Gasteiger partial charge in [-0.25, -0.2) is 4.39 Å². The zero-order valence-corrected chi connectivity index (χ0v) is 7.03. The number of hydrogen-bond acceptors (Lipinski definition) is 2. The fraction of sp³-hybridized carbons (Fsp3) is 0.111. The van der Waals surface area contributed by atoms with Gasteiger partial charge in [-0.15, -0.1) is 0 Å². The topological polar surface area (TPSA) is 43.1 Å². The summed E-state index contributed by atoms with van der Waals surface area (Å²) in [4.78, 5) is 9.76. The lowest BCUT2D eigenvalue weighted by atomic mass is 10.2. The highest BCUT2D eigenvalue weighted by Crippen LogP contribution is 2.14. The Morgan fingerprint density at radius 2 is 2.00 bits per heavy atom. The van der Waals surface area contributed by atoms with E-state index in [-0.39, 0.29) is 11.5 Å². The highest BCUT2D eigenvalue weighted by Gasteiger charge is 2.02. The van der Waals surface area contributed by atoms with Crippen LogP contribution in [0.2, 0.25) is 0 Å². The van der Waals surface area contributed by atoms with Gasteiger partial charge in [0.05, 0.1) is 10.8 Å². The summed E-state index contributed by atoms with van der Waals surface area (Å²) in [6.45, 7) is 1.32. The van der Waals surface area contributed by atoms with Gasteiger partial charge in [0.1, 0.15) is 0 Å². The van der Waals surface area contributed by atoms with Crippen LogP contribution in [-0.4, -0.2) is 4.92 Å². The van der Waals surface area contributed by atoms with Crippen LogP contribution >= 0.6 is 0 Å². The molecule has 3 nitrogen and oxygen atoms in total. The highest BCUT2D eigenvalue weighted by atomic mass is 19.1. The van der Waals surface area contributed by atoms with Crippen molar-refractivity contribution < 1.29 is 9.31 Å². The Labute approximate surface area is 74.7 Å². The zero-order chi connectivity index (χ0) is 9.84. The van der Waals surface area contributed by atoms with E-state index < -0.39 is 4.92 Å². The third kappa shape index (κ3) is 2.66. The van der Waals surface area contributed by atoms with Crippen LogP contribution in [0.5, 0.6) is 0 Å². The fourth-order valence-corrected chi connectivity index (χ4v) is 0.922. The summed E-state index contributed by atoms with van der Waals surface area (Å²) in [5.74, 6) is -0.325. The first kappa shape index (κ1) is 9.38. The number of benzene rings is 1. The molecule has 0 unspecified atom stereocenters. The number of halogens is 1. The van der Waals surface area contributed by atoms with Crippen molar-refractivity contribution in [1.29, 1.82) is 0 Å². The van der Waals surface area contributed by atoms with E-state index in [0.717, 1.165) is 0 Å². The molecular weight excluding hydrogens is 173 g/mol. The Kier molecular flexibility index (Phi) is 2.74. The Bertz CT molecular complexity index is 339. The van der Waals surface area contributed by atoms with E-state index in [1.54, 1.807) is 0 Å². The van der Waals surface area contributed by atoms with Gasteiger partial charge in [-0.1, -0.05) is 0 Å². The molecule has 0 bridgehead atoms. The summed E-state index contributed by atoms with van der Waals surface area (Å²) in [7, 11) is 0. The van der Waals surface area contributed by atoms with Gasteiger partial charge < -0.3 is 0 Å². The van der Waals surface area contributed by atoms with Crippen molar-refractivity contribution in [1.82, 2.24) is 0 Å². The van der Waals surface area contributed by atoms with Gasteiger partial charge in [0.2, 0.25) is 0 Å². The molecule has 0 atom stereocenters. The quantitative estimate of drug-likeness (QED) is 0.520. The van der Waals surface area contributed by atoms with Crippen LogP contribution in [0.15, 0.2) is 30.1 Å². The monoisotopic (exact) mass is 181 g/mol. The van der Waals surface area contributed by atoms with Gasteiger partial charge in [0, 0.05) is 12.1 Å². The molecule has 0 amide bonds. The van der Waals surface area contributed by atoms with Crippen LogP contribution in [0.3, 0.4) is 0 Å². The second kappa shape index (κ2) is 3.80. The number of nitro groups is 1. The number of hydrogen-bond donors (Lipinski definition) is 0. The van der Waals surface area contributed by atoms with Crippen molar-refractivity contribution in [2.24, 2.45) is 0 Å². The second-order valence-corrected chi connectivity index (χ2v) is 2.58. The SMILES string of the molecule is CC(F)=Cc1ccc([N+](=O)[O-])cc1. The van der Waals surface area contributed by atoms with Crippen molar-refractivity contribution in [2.75, 3.05) is 0 Å². The maximum absolute atomic E-state index is 12.4. The normalized spacial score (nSPS) is 11.4. The van der Waals surface area contributed by atoms with Gasteiger partial charge in [-0.3, -0.25) is 10.1 Å². The third-order valence-electron chi connectivity index (χ3n) is 1.47. The Hall–Kier alpha value is -1.71. The number of allylic oxidation sites excluding steroid dienone is 1. The van der Waals surface area contributed by atoms with E-state index in [9.17, 15) is 14.5 Å². The number of rotatable bonds is 2. The number of nitro benzene ring substituents is 1. The molecule has 0 saturated carbocycles.